The van der Waals surface area contributed by atoms with Crippen LogP contribution in [0.2, 0.25) is 5.02 Å². The molecule has 1 amide bonds. The molecule has 2 aromatic rings. The van der Waals surface area contributed by atoms with Crippen molar-refractivity contribution in [1.29, 1.82) is 0 Å². The van der Waals surface area contributed by atoms with Gasteiger partial charge in [-0.1, -0.05) is 23.4 Å². The van der Waals surface area contributed by atoms with E-state index in [0.717, 1.165) is 0 Å². The maximum Gasteiger partial charge on any atom is 0.308 e. The van der Waals surface area contributed by atoms with Gasteiger partial charge in [0.25, 0.3) is 5.22 Å². The Labute approximate surface area is 148 Å². The first-order valence-electron chi connectivity index (χ1n) is 7.61. The van der Waals surface area contributed by atoms with E-state index in [4.69, 9.17) is 20.8 Å². The molecule has 0 spiro atoms. The second-order valence-corrected chi connectivity index (χ2v) is 6.92. The third-order valence-corrected chi connectivity index (χ3v) is 5.08. The number of nitrogens with zero attached hydrogens (tertiary/aromatic N) is 2. The van der Waals surface area contributed by atoms with Gasteiger partial charge in [-0.2, -0.15) is 0 Å². The molecule has 1 aromatic heterocycles. The molecule has 8 heteroatoms. The SMILES string of the molecule is COC(=O)C1CCN(C(=O)CSc2nc3cc(Cl)ccc3o2)CC1. The Morgan fingerprint density at radius 2 is 2.17 bits per heavy atom. The van der Waals surface area contributed by atoms with E-state index >= 15 is 0 Å². The molecule has 24 heavy (non-hydrogen) atoms. The van der Waals surface area contributed by atoms with E-state index < -0.39 is 0 Å². The van der Waals surface area contributed by atoms with Crippen LogP contribution in [0.5, 0.6) is 0 Å². The summed E-state index contributed by atoms with van der Waals surface area (Å²) in [4.78, 5) is 29.9. The Morgan fingerprint density at radius 1 is 1.42 bits per heavy atom. The molecule has 0 saturated carbocycles. The summed E-state index contributed by atoms with van der Waals surface area (Å²) in [6.07, 6.45) is 1.29. The fourth-order valence-electron chi connectivity index (χ4n) is 2.69. The number of piperidine rings is 1. The molecule has 3 rings (SSSR count). The number of ether oxygens (including phenoxy) is 1. The third-order valence-electron chi connectivity index (χ3n) is 4.03. The van der Waals surface area contributed by atoms with Gasteiger partial charge in [-0.05, 0) is 31.0 Å². The number of likely N-dealkylation sites (tertiary alicyclic amines) is 1. The summed E-state index contributed by atoms with van der Waals surface area (Å²) in [6.45, 7) is 1.14. The smallest absolute Gasteiger partial charge is 0.308 e. The van der Waals surface area contributed by atoms with E-state index in [1.807, 2.05) is 0 Å². The zero-order valence-electron chi connectivity index (χ0n) is 13.2. The predicted octanol–water partition coefficient (Wildman–Crippen LogP) is 2.98. The standard InChI is InChI=1S/C16H17ClN2O4S/c1-22-15(21)10-4-6-19(7-5-10)14(20)9-24-16-18-12-8-11(17)2-3-13(12)23-16/h2-3,8,10H,4-7,9H2,1H3. The number of benzene rings is 1. The van der Waals surface area contributed by atoms with Gasteiger partial charge in [0.2, 0.25) is 5.91 Å². The van der Waals surface area contributed by atoms with Crippen molar-refractivity contribution in [3.8, 4) is 0 Å². The fourth-order valence-corrected chi connectivity index (χ4v) is 3.59. The van der Waals surface area contributed by atoms with E-state index in [9.17, 15) is 9.59 Å². The average molecular weight is 369 g/mol. The van der Waals surface area contributed by atoms with Gasteiger partial charge in [-0.25, -0.2) is 4.98 Å². The second-order valence-electron chi connectivity index (χ2n) is 5.56. The van der Waals surface area contributed by atoms with Gasteiger partial charge in [-0.3, -0.25) is 9.59 Å². The van der Waals surface area contributed by atoms with Crippen LogP contribution >= 0.6 is 23.4 Å². The van der Waals surface area contributed by atoms with Crippen LogP contribution in [0.25, 0.3) is 11.1 Å². The number of aromatic nitrogens is 1. The van der Waals surface area contributed by atoms with Crippen LogP contribution in [0, 0.1) is 5.92 Å². The highest BCUT2D eigenvalue weighted by molar-refractivity contribution is 7.99. The summed E-state index contributed by atoms with van der Waals surface area (Å²) in [5.41, 5.74) is 1.32. The lowest BCUT2D eigenvalue weighted by molar-refractivity contribution is -0.148. The van der Waals surface area contributed by atoms with Gasteiger partial charge in [0, 0.05) is 18.1 Å². The first-order valence-corrected chi connectivity index (χ1v) is 8.97. The lowest BCUT2D eigenvalue weighted by Crippen LogP contribution is -2.41. The van der Waals surface area contributed by atoms with Crippen LogP contribution in [0.4, 0.5) is 0 Å². The zero-order valence-corrected chi connectivity index (χ0v) is 14.7. The number of hydrogen-bond donors (Lipinski definition) is 0. The Hall–Kier alpha value is -1.73. The minimum atomic E-state index is -0.193. The molecule has 0 N–H and O–H groups in total. The number of carbonyl (C=O) groups is 2. The minimum Gasteiger partial charge on any atom is -0.469 e. The number of hydrogen-bond acceptors (Lipinski definition) is 6. The van der Waals surface area contributed by atoms with Gasteiger partial charge in [-0.15, -0.1) is 0 Å². The van der Waals surface area contributed by atoms with E-state index in [-0.39, 0.29) is 23.5 Å². The molecule has 1 aliphatic rings. The van der Waals surface area contributed by atoms with Crippen molar-refractivity contribution >= 4 is 46.3 Å². The molecule has 1 aliphatic heterocycles. The molecule has 1 saturated heterocycles. The maximum absolute atomic E-state index is 12.3. The van der Waals surface area contributed by atoms with Crippen molar-refractivity contribution in [2.45, 2.75) is 18.1 Å². The Kier molecular flexibility index (Phi) is 5.30. The van der Waals surface area contributed by atoms with Crippen LogP contribution in [0.3, 0.4) is 0 Å². The summed E-state index contributed by atoms with van der Waals surface area (Å²) >= 11 is 7.18. The van der Waals surface area contributed by atoms with Gasteiger partial charge >= 0.3 is 5.97 Å². The average Bonchev–Trinajstić information content (AvgIpc) is 3.01. The van der Waals surface area contributed by atoms with Crippen molar-refractivity contribution in [3.63, 3.8) is 0 Å². The largest absolute Gasteiger partial charge is 0.469 e. The minimum absolute atomic E-state index is 0.0172. The van der Waals surface area contributed by atoms with Crippen molar-refractivity contribution in [2.24, 2.45) is 5.92 Å². The molecule has 0 atom stereocenters. The predicted molar refractivity (Wildman–Crippen MR) is 91.1 cm³/mol. The summed E-state index contributed by atoms with van der Waals surface area (Å²) < 4.78 is 10.3. The van der Waals surface area contributed by atoms with E-state index in [2.05, 4.69) is 4.98 Å². The summed E-state index contributed by atoms with van der Waals surface area (Å²) in [5.74, 6) is -0.0256. The Balaban J connectivity index is 1.53. The van der Waals surface area contributed by atoms with E-state index in [0.29, 0.717) is 47.3 Å². The monoisotopic (exact) mass is 368 g/mol. The molecule has 6 nitrogen and oxygen atoms in total. The quantitative estimate of drug-likeness (QED) is 0.610. The molecule has 0 aliphatic carbocycles. The fraction of sp³-hybridized carbons (Fsp3) is 0.438. The molecular formula is C16H17ClN2O4S. The van der Waals surface area contributed by atoms with Gasteiger partial charge in [0.15, 0.2) is 5.58 Å². The number of methoxy groups -OCH3 is 1. The van der Waals surface area contributed by atoms with Crippen LogP contribution in [-0.2, 0) is 14.3 Å². The highest BCUT2D eigenvalue weighted by Gasteiger charge is 2.27. The number of amides is 1. The van der Waals surface area contributed by atoms with Crippen molar-refractivity contribution in [1.82, 2.24) is 9.88 Å². The number of oxazole rings is 1. The van der Waals surface area contributed by atoms with Crippen LogP contribution in [0.1, 0.15) is 12.8 Å². The number of fused-ring (bicyclic) bond motifs is 1. The van der Waals surface area contributed by atoms with Crippen molar-refractivity contribution in [3.05, 3.63) is 23.2 Å². The number of thioether (sulfide) groups is 1. The van der Waals surface area contributed by atoms with Gasteiger partial charge in [0.05, 0.1) is 18.8 Å². The highest BCUT2D eigenvalue weighted by Crippen LogP contribution is 2.26. The lowest BCUT2D eigenvalue weighted by Gasteiger charge is -2.30. The van der Waals surface area contributed by atoms with Crippen molar-refractivity contribution in [2.75, 3.05) is 26.0 Å². The summed E-state index contributed by atoms with van der Waals surface area (Å²) in [6, 6.07) is 5.22. The molecule has 0 unspecified atom stereocenters. The van der Waals surface area contributed by atoms with Gasteiger partial charge < -0.3 is 14.1 Å². The lowest BCUT2D eigenvalue weighted by atomic mass is 9.97. The number of halogens is 1. The first-order chi connectivity index (χ1) is 11.6. The summed E-state index contributed by atoms with van der Waals surface area (Å²) in [5, 5.41) is 1.04. The normalized spacial score (nSPS) is 15.7. The second kappa shape index (κ2) is 7.44. The molecule has 1 aromatic carbocycles. The summed E-state index contributed by atoms with van der Waals surface area (Å²) in [7, 11) is 1.39. The number of esters is 1. The van der Waals surface area contributed by atoms with Crippen LogP contribution in [-0.4, -0.2) is 47.7 Å². The van der Waals surface area contributed by atoms with Crippen molar-refractivity contribution < 1.29 is 18.7 Å². The number of carbonyl (C=O) groups excluding carboxylic acids is 2. The van der Waals surface area contributed by atoms with Crippen LogP contribution < -0.4 is 0 Å². The zero-order chi connectivity index (χ0) is 17.1. The molecule has 128 valence electrons. The third kappa shape index (κ3) is 3.84. The molecular weight excluding hydrogens is 352 g/mol. The highest BCUT2D eigenvalue weighted by atomic mass is 35.5. The topological polar surface area (TPSA) is 72.6 Å². The number of rotatable bonds is 4. The Bertz CT molecular complexity index is 756. The maximum atomic E-state index is 12.3. The van der Waals surface area contributed by atoms with E-state index in [1.165, 1.54) is 18.9 Å². The molecule has 2 heterocycles. The first kappa shape index (κ1) is 17.1. The Morgan fingerprint density at radius 3 is 2.88 bits per heavy atom. The molecule has 0 bridgehead atoms. The van der Waals surface area contributed by atoms with Crippen LogP contribution in [0.15, 0.2) is 27.8 Å². The van der Waals surface area contributed by atoms with Gasteiger partial charge in [0.1, 0.15) is 5.52 Å². The van der Waals surface area contributed by atoms with E-state index in [1.54, 1.807) is 23.1 Å². The molecule has 1 fully saturated rings. The molecule has 0 radical (unpaired) electrons.